The number of nitrogens with zero attached hydrogens (tertiary/aromatic N) is 3. The van der Waals surface area contributed by atoms with E-state index in [1.165, 1.54) is 0 Å². The number of nitrogen functional groups attached to an aromatic ring is 1. The zero-order valence-electron chi connectivity index (χ0n) is 20.3. The fourth-order valence-electron chi connectivity index (χ4n) is 4.68. The summed E-state index contributed by atoms with van der Waals surface area (Å²) in [6, 6.07) is 10.4. The number of fused-ring (bicyclic) bond motifs is 2. The molecule has 1 aliphatic rings. The Morgan fingerprint density at radius 1 is 1.08 bits per heavy atom. The lowest BCUT2D eigenvalue weighted by molar-refractivity contribution is -0.141. The molecule has 0 atom stereocenters. The Bertz CT molecular complexity index is 1480. The highest BCUT2D eigenvalue weighted by atomic mass is 35.5. The molecule has 5 rings (SSSR count). The summed E-state index contributed by atoms with van der Waals surface area (Å²) < 4.78 is 22.8. The minimum atomic E-state index is -0.344. The van der Waals surface area contributed by atoms with Crippen molar-refractivity contribution in [2.75, 3.05) is 37.9 Å². The van der Waals surface area contributed by atoms with Crippen LogP contribution in [0.15, 0.2) is 45.6 Å². The van der Waals surface area contributed by atoms with E-state index in [0.717, 1.165) is 31.7 Å². The van der Waals surface area contributed by atoms with Crippen LogP contribution in [-0.4, -0.2) is 43.6 Å². The van der Waals surface area contributed by atoms with Gasteiger partial charge in [0.2, 0.25) is 5.43 Å². The number of aryl methyl sites for hydroxylation is 1. The van der Waals surface area contributed by atoms with Gasteiger partial charge in [-0.05, 0) is 44.0 Å². The highest BCUT2D eigenvalue weighted by molar-refractivity contribution is 6.35. The standard InChI is InChI=1S/C26H27ClN4O5/c1-14-17(7-8-21(29-14)31-11-9-15(10-12-31)26(33-2)34-3)35-20-13-19-23(30-25(20)28)24(32)22-16(27)5-4-6-18(22)36-19/h4-8,13,15,26H,9-12H2,1-3H3,(H2,28,30). The number of hydrogen-bond donors (Lipinski definition) is 1. The topological polar surface area (TPSA) is 113 Å². The molecule has 0 spiro atoms. The molecule has 1 aliphatic heterocycles. The zero-order chi connectivity index (χ0) is 25.4. The number of halogens is 1. The molecule has 1 saturated heterocycles. The van der Waals surface area contributed by atoms with Gasteiger partial charge < -0.3 is 29.3 Å². The molecule has 188 valence electrons. The third kappa shape index (κ3) is 4.45. The van der Waals surface area contributed by atoms with Crippen molar-refractivity contribution in [1.82, 2.24) is 9.97 Å². The molecule has 1 aromatic carbocycles. The molecule has 1 fully saturated rings. The quantitative estimate of drug-likeness (QED) is 0.285. The number of methoxy groups -OCH3 is 2. The molecule has 0 amide bonds. The summed E-state index contributed by atoms with van der Waals surface area (Å²) >= 11 is 6.20. The first-order valence-electron chi connectivity index (χ1n) is 11.7. The Kier molecular flexibility index (Phi) is 6.70. The number of benzene rings is 1. The Morgan fingerprint density at radius 2 is 1.83 bits per heavy atom. The molecule has 0 radical (unpaired) electrons. The molecule has 0 bridgehead atoms. The van der Waals surface area contributed by atoms with E-state index >= 15 is 0 Å². The second-order valence-electron chi connectivity index (χ2n) is 8.78. The summed E-state index contributed by atoms with van der Waals surface area (Å²) in [4.78, 5) is 24.2. The normalized spacial score (nSPS) is 14.8. The number of aromatic nitrogens is 2. The van der Waals surface area contributed by atoms with E-state index in [1.807, 2.05) is 19.1 Å². The maximum absolute atomic E-state index is 12.9. The van der Waals surface area contributed by atoms with Crippen molar-refractivity contribution >= 4 is 45.3 Å². The second-order valence-corrected chi connectivity index (χ2v) is 9.19. The van der Waals surface area contributed by atoms with Gasteiger partial charge in [0.1, 0.15) is 17.2 Å². The van der Waals surface area contributed by atoms with Gasteiger partial charge in [0.05, 0.1) is 16.1 Å². The minimum Gasteiger partial charge on any atom is -0.454 e. The molecule has 4 heterocycles. The number of anilines is 2. The highest BCUT2D eigenvalue weighted by Gasteiger charge is 2.27. The predicted molar refractivity (Wildman–Crippen MR) is 139 cm³/mol. The van der Waals surface area contributed by atoms with Gasteiger partial charge in [-0.2, -0.15) is 0 Å². The van der Waals surface area contributed by atoms with E-state index in [4.69, 9.17) is 40.9 Å². The molecule has 0 saturated carbocycles. The number of ether oxygens (including phenoxy) is 3. The lowest BCUT2D eigenvalue weighted by Gasteiger charge is -2.35. The number of hydrogen-bond acceptors (Lipinski definition) is 9. The van der Waals surface area contributed by atoms with Gasteiger partial charge in [-0.3, -0.25) is 4.79 Å². The fraction of sp³-hybridized carbons (Fsp3) is 0.346. The van der Waals surface area contributed by atoms with Crippen LogP contribution in [0.25, 0.3) is 22.1 Å². The lowest BCUT2D eigenvalue weighted by Crippen LogP contribution is -2.39. The Balaban J connectivity index is 1.38. The molecule has 10 heteroatoms. The van der Waals surface area contributed by atoms with Crippen molar-refractivity contribution in [2.24, 2.45) is 5.92 Å². The van der Waals surface area contributed by atoms with Crippen LogP contribution in [-0.2, 0) is 9.47 Å². The monoisotopic (exact) mass is 510 g/mol. The number of pyridine rings is 2. The average molecular weight is 511 g/mol. The molecule has 3 aromatic heterocycles. The maximum Gasteiger partial charge on any atom is 0.220 e. The predicted octanol–water partition coefficient (Wildman–Crippen LogP) is 4.91. The van der Waals surface area contributed by atoms with Crippen LogP contribution in [0.2, 0.25) is 5.02 Å². The first-order chi connectivity index (χ1) is 17.4. The van der Waals surface area contributed by atoms with Gasteiger partial charge in [-0.15, -0.1) is 0 Å². The smallest absolute Gasteiger partial charge is 0.220 e. The van der Waals surface area contributed by atoms with Gasteiger partial charge in [-0.25, -0.2) is 9.97 Å². The number of piperidine rings is 1. The van der Waals surface area contributed by atoms with E-state index < -0.39 is 0 Å². The fourth-order valence-corrected chi connectivity index (χ4v) is 4.93. The van der Waals surface area contributed by atoms with E-state index in [9.17, 15) is 4.79 Å². The van der Waals surface area contributed by atoms with E-state index in [0.29, 0.717) is 28.0 Å². The number of rotatable bonds is 6. The van der Waals surface area contributed by atoms with Gasteiger partial charge in [-0.1, -0.05) is 17.7 Å². The van der Waals surface area contributed by atoms with Crippen molar-refractivity contribution in [3.63, 3.8) is 0 Å². The van der Waals surface area contributed by atoms with E-state index in [-0.39, 0.29) is 39.8 Å². The summed E-state index contributed by atoms with van der Waals surface area (Å²) in [5, 5.41) is 0.568. The van der Waals surface area contributed by atoms with Crippen molar-refractivity contribution in [1.29, 1.82) is 0 Å². The minimum absolute atomic E-state index is 0.0672. The molecule has 4 aromatic rings. The summed E-state index contributed by atoms with van der Waals surface area (Å²) in [5.74, 6) is 2.11. The Labute approximate surface area is 212 Å². The average Bonchev–Trinajstić information content (AvgIpc) is 2.87. The SMILES string of the molecule is COC(OC)C1CCN(c2ccc(Oc3cc4oc5cccc(Cl)c5c(=O)c4nc3N)c(C)n2)CC1. The maximum atomic E-state index is 12.9. The van der Waals surface area contributed by atoms with Crippen molar-refractivity contribution in [3.05, 3.63) is 57.3 Å². The Hall–Kier alpha value is -3.40. The van der Waals surface area contributed by atoms with Gasteiger partial charge in [0.15, 0.2) is 29.0 Å². The first-order valence-corrected chi connectivity index (χ1v) is 12.0. The molecular formula is C26H27ClN4O5. The summed E-state index contributed by atoms with van der Waals surface area (Å²) in [6.07, 6.45) is 1.73. The molecule has 36 heavy (non-hydrogen) atoms. The number of nitrogens with two attached hydrogens (primary N) is 1. The van der Waals surface area contributed by atoms with Crippen LogP contribution in [0.5, 0.6) is 11.5 Å². The van der Waals surface area contributed by atoms with Crippen molar-refractivity contribution in [3.8, 4) is 11.5 Å². The lowest BCUT2D eigenvalue weighted by atomic mass is 9.96. The zero-order valence-corrected chi connectivity index (χ0v) is 21.0. The van der Waals surface area contributed by atoms with Crippen LogP contribution >= 0.6 is 11.6 Å². The summed E-state index contributed by atoms with van der Waals surface area (Å²) in [6.45, 7) is 3.59. The third-order valence-corrected chi connectivity index (χ3v) is 6.89. The molecular weight excluding hydrogens is 484 g/mol. The van der Waals surface area contributed by atoms with Crippen LogP contribution in [0, 0.1) is 12.8 Å². The van der Waals surface area contributed by atoms with Gasteiger partial charge in [0.25, 0.3) is 0 Å². The van der Waals surface area contributed by atoms with Gasteiger partial charge >= 0.3 is 0 Å². The van der Waals surface area contributed by atoms with Crippen LogP contribution in [0.1, 0.15) is 18.5 Å². The first kappa shape index (κ1) is 24.3. The van der Waals surface area contributed by atoms with Crippen molar-refractivity contribution in [2.45, 2.75) is 26.1 Å². The van der Waals surface area contributed by atoms with Gasteiger partial charge in [0, 0.05) is 39.3 Å². The largest absolute Gasteiger partial charge is 0.454 e. The summed E-state index contributed by atoms with van der Waals surface area (Å²) in [5.41, 5.74) is 7.22. The molecule has 0 unspecified atom stereocenters. The van der Waals surface area contributed by atoms with Crippen molar-refractivity contribution < 1.29 is 18.6 Å². The van der Waals surface area contributed by atoms with E-state index in [1.54, 1.807) is 38.5 Å². The molecule has 9 nitrogen and oxygen atoms in total. The van der Waals surface area contributed by atoms with Crippen LogP contribution < -0.4 is 20.8 Å². The van der Waals surface area contributed by atoms with E-state index in [2.05, 4.69) is 9.88 Å². The molecule has 2 N–H and O–H groups in total. The Morgan fingerprint density at radius 3 is 2.53 bits per heavy atom. The molecule has 0 aliphatic carbocycles. The van der Waals surface area contributed by atoms with Crippen LogP contribution in [0.4, 0.5) is 11.6 Å². The summed E-state index contributed by atoms with van der Waals surface area (Å²) in [7, 11) is 3.35. The second kappa shape index (κ2) is 9.93. The van der Waals surface area contributed by atoms with Crippen LogP contribution in [0.3, 0.4) is 0 Å². The highest BCUT2D eigenvalue weighted by Crippen LogP contribution is 2.34. The third-order valence-electron chi connectivity index (χ3n) is 6.57.